The van der Waals surface area contributed by atoms with E-state index in [9.17, 15) is 4.79 Å². The summed E-state index contributed by atoms with van der Waals surface area (Å²) in [6, 6.07) is 0. The first kappa shape index (κ1) is 14.0. The van der Waals surface area contributed by atoms with Crippen molar-refractivity contribution in [1.82, 2.24) is 20.3 Å². The maximum atomic E-state index is 10.6. The summed E-state index contributed by atoms with van der Waals surface area (Å²) in [5.41, 5.74) is -0.0190. The van der Waals surface area contributed by atoms with Crippen molar-refractivity contribution in [2.45, 2.75) is 25.1 Å². The molecule has 0 bridgehead atoms. The van der Waals surface area contributed by atoms with Gasteiger partial charge in [0.25, 0.3) is 0 Å². The van der Waals surface area contributed by atoms with E-state index >= 15 is 0 Å². The molecular formula is C10H18N4O2S. The number of nitrogens with zero attached hydrogens (tertiary/aromatic N) is 3. The third kappa shape index (κ3) is 4.74. The zero-order valence-electron chi connectivity index (χ0n) is 10.3. The maximum Gasteiger partial charge on any atom is 0.358 e. The third-order valence-electron chi connectivity index (χ3n) is 2.38. The van der Waals surface area contributed by atoms with Gasteiger partial charge in [0, 0.05) is 17.8 Å². The highest BCUT2D eigenvalue weighted by atomic mass is 32.2. The van der Waals surface area contributed by atoms with Crippen molar-refractivity contribution in [3.63, 3.8) is 0 Å². The predicted octanol–water partition coefficient (Wildman–Crippen LogP) is 0.708. The Labute approximate surface area is 105 Å². The van der Waals surface area contributed by atoms with Crippen molar-refractivity contribution < 1.29 is 9.90 Å². The second-order valence-corrected chi connectivity index (χ2v) is 5.83. The number of aromatic nitrogens is 3. The summed E-state index contributed by atoms with van der Waals surface area (Å²) in [7, 11) is 0. The number of hydrogen-bond acceptors (Lipinski definition) is 5. The molecule has 1 aromatic heterocycles. The number of rotatable bonds is 7. The summed E-state index contributed by atoms with van der Waals surface area (Å²) in [6.07, 6.45) is 3.52. The van der Waals surface area contributed by atoms with Crippen molar-refractivity contribution in [2.75, 3.05) is 19.3 Å². The zero-order valence-corrected chi connectivity index (χ0v) is 11.1. The van der Waals surface area contributed by atoms with Crippen molar-refractivity contribution in [3.05, 3.63) is 11.9 Å². The van der Waals surface area contributed by atoms with Crippen LogP contribution in [0.3, 0.4) is 0 Å². The van der Waals surface area contributed by atoms with E-state index < -0.39 is 5.97 Å². The molecule has 1 rings (SSSR count). The van der Waals surface area contributed by atoms with Crippen molar-refractivity contribution in [2.24, 2.45) is 0 Å². The Morgan fingerprint density at radius 1 is 1.65 bits per heavy atom. The van der Waals surface area contributed by atoms with Gasteiger partial charge in [0.15, 0.2) is 5.69 Å². The van der Waals surface area contributed by atoms with Crippen LogP contribution in [0.4, 0.5) is 0 Å². The third-order valence-corrected chi connectivity index (χ3v) is 3.63. The molecule has 2 N–H and O–H groups in total. The summed E-state index contributed by atoms with van der Waals surface area (Å²) < 4.78 is 1.73. The zero-order chi connectivity index (χ0) is 12.9. The maximum absolute atomic E-state index is 10.6. The van der Waals surface area contributed by atoms with Gasteiger partial charge >= 0.3 is 5.97 Å². The first-order valence-corrected chi connectivity index (χ1v) is 6.56. The lowest BCUT2D eigenvalue weighted by Crippen LogP contribution is -2.33. The number of nitrogens with one attached hydrogen (secondary N) is 1. The smallest absolute Gasteiger partial charge is 0.358 e. The molecule has 0 aliphatic carbocycles. The van der Waals surface area contributed by atoms with E-state index in [-0.39, 0.29) is 10.4 Å². The monoisotopic (exact) mass is 258 g/mol. The highest BCUT2D eigenvalue weighted by Crippen LogP contribution is 2.19. The van der Waals surface area contributed by atoms with E-state index in [1.807, 2.05) is 0 Å². The number of aromatic carboxylic acids is 1. The number of carbonyl (C=O) groups is 1. The van der Waals surface area contributed by atoms with Crippen molar-refractivity contribution >= 4 is 17.7 Å². The standard InChI is InChI=1S/C10H18N4O2S/c1-10(2,17-3)7-11-4-5-14-6-8(9(15)16)12-13-14/h6,11H,4-5,7H2,1-3H3,(H,15,16). The molecule has 0 aromatic carbocycles. The molecule has 0 aliphatic rings. The largest absolute Gasteiger partial charge is 0.476 e. The fourth-order valence-electron chi connectivity index (χ4n) is 1.16. The SMILES string of the molecule is CSC(C)(C)CNCCn1cc(C(=O)O)nn1. The fraction of sp³-hybridized carbons (Fsp3) is 0.700. The molecule has 6 nitrogen and oxygen atoms in total. The minimum Gasteiger partial charge on any atom is -0.476 e. The lowest BCUT2D eigenvalue weighted by atomic mass is 10.2. The molecule has 1 heterocycles. The van der Waals surface area contributed by atoms with Gasteiger partial charge in [-0.05, 0) is 20.1 Å². The number of thioether (sulfide) groups is 1. The Balaban J connectivity index is 2.29. The topological polar surface area (TPSA) is 80.0 Å². The summed E-state index contributed by atoms with van der Waals surface area (Å²) in [4.78, 5) is 10.6. The van der Waals surface area contributed by atoms with Gasteiger partial charge in [-0.3, -0.25) is 4.68 Å². The fourth-order valence-corrected chi connectivity index (χ4v) is 1.41. The van der Waals surface area contributed by atoms with Crippen LogP contribution in [0.2, 0.25) is 0 Å². The summed E-state index contributed by atoms with van der Waals surface area (Å²) in [5, 5.41) is 19.3. The second-order valence-electron chi connectivity index (χ2n) is 4.31. The van der Waals surface area contributed by atoms with Crippen LogP contribution in [-0.4, -0.2) is 50.2 Å². The molecule has 96 valence electrons. The van der Waals surface area contributed by atoms with Crippen LogP contribution in [0.1, 0.15) is 24.3 Å². The Morgan fingerprint density at radius 2 is 2.35 bits per heavy atom. The van der Waals surface area contributed by atoms with E-state index in [4.69, 9.17) is 5.11 Å². The molecule has 1 aromatic rings. The molecule has 0 radical (unpaired) electrons. The van der Waals surface area contributed by atoms with Gasteiger partial charge in [-0.1, -0.05) is 5.21 Å². The second kappa shape index (κ2) is 6.02. The average molecular weight is 258 g/mol. The van der Waals surface area contributed by atoms with Crippen LogP contribution in [0.15, 0.2) is 6.20 Å². The number of carboxylic acid groups (broad SMARTS) is 1. The highest BCUT2D eigenvalue weighted by Gasteiger charge is 2.14. The van der Waals surface area contributed by atoms with E-state index in [1.54, 1.807) is 11.8 Å². The van der Waals surface area contributed by atoms with Crippen LogP contribution in [0.5, 0.6) is 0 Å². The highest BCUT2D eigenvalue weighted by molar-refractivity contribution is 7.99. The van der Waals surface area contributed by atoms with Crippen LogP contribution in [0, 0.1) is 0 Å². The Kier molecular flexibility index (Phi) is 4.95. The number of hydrogen-bond donors (Lipinski definition) is 2. The molecule has 17 heavy (non-hydrogen) atoms. The van der Waals surface area contributed by atoms with Gasteiger partial charge in [0.2, 0.25) is 0 Å². The van der Waals surface area contributed by atoms with Crippen LogP contribution in [0.25, 0.3) is 0 Å². The lowest BCUT2D eigenvalue weighted by molar-refractivity contribution is 0.0690. The van der Waals surface area contributed by atoms with Gasteiger partial charge in [-0.15, -0.1) is 5.10 Å². The van der Waals surface area contributed by atoms with Crippen molar-refractivity contribution in [3.8, 4) is 0 Å². The molecule has 7 heteroatoms. The molecular weight excluding hydrogens is 240 g/mol. The molecule has 0 spiro atoms. The molecule has 0 aliphatic heterocycles. The first-order chi connectivity index (χ1) is 7.94. The molecule has 0 saturated heterocycles. The van der Waals surface area contributed by atoms with Crippen LogP contribution in [-0.2, 0) is 6.54 Å². The average Bonchev–Trinajstić information content (AvgIpc) is 2.73. The summed E-state index contributed by atoms with van der Waals surface area (Å²) in [5.74, 6) is -1.05. The molecule has 0 atom stereocenters. The van der Waals surface area contributed by atoms with Crippen LogP contribution >= 0.6 is 11.8 Å². The van der Waals surface area contributed by atoms with Gasteiger partial charge in [0.1, 0.15) is 0 Å². The van der Waals surface area contributed by atoms with Gasteiger partial charge in [0.05, 0.1) is 12.7 Å². The van der Waals surface area contributed by atoms with E-state index in [0.29, 0.717) is 6.54 Å². The normalized spacial score (nSPS) is 11.7. The molecule has 0 fully saturated rings. The number of carboxylic acids is 1. The van der Waals surface area contributed by atoms with Gasteiger partial charge < -0.3 is 10.4 Å². The van der Waals surface area contributed by atoms with Gasteiger partial charge in [-0.2, -0.15) is 11.8 Å². The summed E-state index contributed by atoms with van der Waals surface area (Å²) in [6.45, 7) is 6.59. The Bertz CT molecular complexity index is 378. The summed E-state index contributed by atoms with van der Waals surface area (Å²) >= 11 is 1.81. The Hall–Kier alpha value is -1.08. The van der Waals surface area contributed by atoms with Gasteiger partial charge in [-0.25, -0.2) is 4.79 Å². The van der Waals surface area contributed by atoms with E-state index in [2.05, 4.69) is 35.7 Å². The quantitative estimate of drug-likeness (QED) is 0.701. The molecule has 0 unspecified atom stereocenters. The predicted molar refractivity (Wildman–Crippen MR) is 67.4 cm³/mol. The minimum atomic E-state index is -1.05. The lowest BCUT2D eigenvalue weighted by Gasteiger charge is -2.22. The minimum absolute atomic E-state index is 0.0190. The Morgan fingerprint density at radius 3 is 2.88 bits per heavy atom. The van der Waals surface area contributed by atoms with E-state index in [1.165, 1.54) is 10.9 Å². The van der Waals surface area contributed by atoms with E-state index in [0.717, 1.165) is 13.1 Å². The molecule has 0 amide bonds. The molecule has 0 saturated carbocycles. The first-order valence-electron chi connectivity index (χ1n) is 5.34. The van der Waals surface area contributed by atoms with Crippen molar-refractivity contribution in [1.29, 1.82) is 0 Å². The van der Waals surface area contributed by atoms with Crippen LogP contribution < -0.4 is 5.32 Å².